The summed E-state index contributed by atoms with van der Waals surface area (Å²) in [5.74, 6) is -0.364. The number of benzene rings is 1. The Bertz CT molecular complexity index is 551. The van der Waals surface area contributed by atoms with Crippen LogP contribution < -0.4 is 5.32 Å². The summed E-state index contributed by atoms with van der Waals surface area (Å²) in [6.07, 6.45) is 1.70. The second kappa shape index (κ2) is 5.73. The van der Waals surface area contributed by atoms with E-state index in [1.165, 1.54) is 0 Å². The summed E-state index contributed by atoms with van der Waals surface area (Å²) in [6, 6.07) is 9.50. The number of para-hydroxylation sites is 1. The molecule has 1 heterocycles. The molecule has 1 aromatic carbocycles. The molecule has 2 aromatic rings. The Hall–Kier alpha value is -1.75. The van der Waals surface area contributed by atoms with Gasteiger partial charge < -0.3 is 15.0 Å². The number of carbonyl (C=O) groups is 1. The lowest BCUT2D eigenvalue weighted by atomic mass is 10.3. The first-order chi connectivity index (χ1) is 8.72. The Morgan fingerprint density at radius 1 is 1.33 bits per heavy atom. The normalized spacial score (nSPS) is 10.1. The summed E-state index contributed by atoms with van der Waals surface area (Å²) < 4.78 is 5.90. The van der Waals surface area contributed by atoms with E-state index in [1.807, 2.05) is 24.3 Å². The van der Waals surface area contributed by atoms with E-state index in [1.54, 1.807) is 19.2 Å². The number of anilines is 2. The van der Waals surface area contributed by atoms with Gasteiger partial charge in [0, 0.05) is 10.7 Å². The predicted molar refractivity (Wildman–Crippen MR) is 74.2 cm³/mol. The summed E-state index contributed by atoms with van der Waals surface area (Å²) in [4.78, 5) is 14.6. The highest BCUT2D eigenvalue weighted by Gasteiger charge is 2.14. The van der Waals surface area contributed by atoms with E-state index in [2.05, 4.69) is 26.2 Å². The molecular formula is C13H13BrN2O2. The van der Waals surface area contributed by atoms with Crippen molar-refractivity contribution in [3.8, 4) is 0 Å². The molecule has 0 radical (unpaired) electrons. The van der Waals surface area contributed by atoms with E-state index in [-0.39, 0.29) is 5.97 Å². The number of nitrogens with one attached hydrogen (secondary N) is 2. The highest BCUT2D eigenvalue weighted by molar-refractivity contribution is 9.10. The third-order valence-electron chi connectivity index (χ3n) is 2.37. The molecule has 0 saturated carbocycles. The highest BCUT2D eigenvalue weighted by atomic mass is 79.9. The Balaban J connectivity index is 2.23. The third kappa shape index (κ3) is 2.73. The lowest BCUT2D eigenvalue weighted by Gasteiger charge is -2.08. The zero-order valence-corrected chi connectivity index (χ0v) is 11.5. The molecule has 4 nitrogen and oxygen atoms in total. The van der Waals surface area contributed by atoms with Gasteiger partial charge in [0.1, 0.15) is 5.69 Å². The van der Waals surface area contributed by atoms with Crippen LogP contribution in [0.4, 0.5) is 11.4 Å². The van der Waals surface area contributed by atoms with Crippen molar-refractivity contribution in [2.75, 3.05) is 11.9 Å². The minimum absolute atomic E-state index is 0.353. The summed E-state index contributed by atoms with van der Waals surface area (Å²) in [7, 11) is 0. The predicted octanol–water partition coefficient (Wildman–Crippen LogP) is 3.70. The standard InChI is InChI=1S/C13H13BrN2O2/c1-2-18-13(17)12-11(7-8-15-12)16-10-6-4-3-5-9(10)14/h3-8,15-16H,2H2,1H3. The van der Waals surface area contributed by atoms with Gasteiger partial charge in [-0.2, -0.15) is 0 Å². The molecule has 0 saturated heterocycles. The molecule has 0 unspecified atom stereocenters. The van der Waals surface area contributed by atoms with Crippen LogP contribution in [-0.4, -0.2) is 17.6 Å². The molecule has 94 valence electrons. The molecule has 1 aromatic heterocycles. The zero-order valence-electron chi connectivity index (χ0n) is 9.87. The highest BCUT2D eigenvalue weighted by Crippen LogP contribution is 2.27. The maximum atomic E-state index is 11.7. The molecule has 0 aliphatic heterocycles. The van der Waals surface area contributed by atoms with E-state index >= 15 is 0 Å². The van der Waals surface area contributed by atoms with Gasteiger partial charge in [-0.15, -0.1) is 0 Å². The summed E-state index contributed by atoms with van der Waals surface area (Å²) in [5.41, 5.74) is 2.01. The van der Waals surface area contributed by atoms with Crippen LogP contribution in [0.1, 0.15) is 17.4 Å². The van der Waals surface area contributed by atoms with Gasteiger partial charge in [0.05, 0.1) is 18.0 Å². The zero-order chi connectivity index (χ0) is 13.0. The van der Waals surface area contributed by atoms with Crippen molar-refractivity contribution in [2.24, 2.45) is 0 Å². The van der Waals surface area contributed by atoms with E-state index in [0.29, 0.717) is 18.0 Å². The Morgan fingerprint density at radius 2 is 2.11 bits per heavy atom. The van der Waals surface area contributed by atoms with E-state index in [0.717, 1.165) is 10.2 Å². The fourth-order valence-electron chi connectivity index (χ4n) is 1.55. The molecule has 0 fully saturated rings. The number of carbonyl (C=O) groups excluding carboxylic acids is 1. The van der Waals surface area contributed by atoms with Crippen molar-refractivity contribution in [3.63, 3.8) is 0 Å². The molecule has 18 heavy (non-hydrogen) atoms. The number of hydrogen-bond donors (Lipinski definition) is 2. The topological polar surface area (TPSA) is 54.1 Å². The van der Waals surface area contributed by atoms with Crippen LogP contribution in [0, 0.1) is 0 Å². The molecule has 0 atom stereocenters. The van der Waals surface area contributed by atoms with Crippen LogP contribution >= 0.6 is 15.9 Å². The first-order valence-corrected chi connectivity index (χ1v) is 6.37. The van der Waals surface area contributed by atoms with Gasteiger partial charge in [-0.3, -0.25) is 0 Å². The third-order valence-corrected chi connectivity index (χ3v) is 3.06. The van der Waals surface area contributed by atoms with Gasteiger partial charge in [-0.25, -0.2) is 4.79 Å². The van der Waals surface area contributed by atoms with Gasteiger partial charge in [0.2, 0.25) is 0 Å². The van der Waals surface area contributed by atoms with Crippen molar-refractivity contribution in [1.29, 1.82) is 0 Å². The molecule has 5 heteroatoms. The lowest BCUT2D eigenvalue weighted by molar-refractivity contribution is 0.0521. The fourth-order valence-corrected chi connectivity index (χ4v) is 1.94. The van der Waals surface area contributed by atoms with Gasteiger partial charge in [-0.05, 0) is 41.1 Å². The number of rotatable bonds is 4. The first kappa shape index (κ1) is 12.7. The number of aromatic amines is 1. The van der Waals surface area contributed by atoms with Crippen molar-refractivity contribution in [3.05, 3.63) is 46.7 Å². The van der Waals surface area contributed by atoms with Crippen molar-refractivity contribution in [1.82, 2.24) is 4.98 Å². The van der Waals surface area contributed by atoms with Crippen molar-refractivity contribution in [2.45, 2.75) is 6.92 Å². The minimum Gasteiger partial charge on any atom is -0.461 e. The van der Waals surface area contributed by atoms with Gasteiger partial charge >= 0.3 is 5.97 Å². The summed E-state index contributed by atoms with van der Waals surface area (Å²) >= 11 is 3.45. The molecule has 0 amide bonds. The maximum Gasteiger partial charge on any atom is 0.356 e. The largest absolute Gasteiger partial charge is 0.461 e. The van der Waals surface area contributed by atoms with Crippen molar-refractivity contribution >= 4 is 33.3 Å². The van der Waals surface area contributed by atoms with Crippen LogP contribution in [0.3, 0.4) is 0 Å². The second-order valence-electron chi connectivity index (χ2n) is 3.59. The van der Waals surface area contributed by atoms with Crippen LogP contribution in [0.15, 0.2) is 41.0 Å². The molecular weight excluding hydrogens is 296 g/mol. The first-order valence-electron chi connectivity index (χ1n) is 5.58. The SMILES string of the molecule is CCOC(=O)c1[nH]ccc1Nc1ccccc1Br. The summed E-state index contributed by atoms with van der Waals surface area (Å²) in [6.45, 7) is 2.13. The molecule has 2 rings (SSSR count). The lowest BCUT2D eigenvalue weighted by Crippen LogP contribution is -2.07. The van der Waals surface area contributed by atoms with E-state index in [9.17, 15) is 4.79 Å². The van der Waals surface area contributed by atoms with Crippen LogP contribution in [0.5, 0.6) is 0 Å². The van der Waals surface area contributed by atoms with Gasteiger partial charge in [0.15, 0.2) is 0 Å². The molecule has 0 bridgehead atoms. The smallest absolute Gasteiger partial charge is 0.356 e. The second-order valence-corrected chi connectivity index (χ2v) is 4.45. The molecule has 2 N–H and O–H groups in total. The van der Waals surface area contributed by atoms with Gasteiger partial charge in [-0.1, -0.05) is 12.1 Å². The number of ether oxygens (including phenoxy) is 1. The molecule has 0 aliphatic rings. The maximum absolute atomic E-state index is 11.7. The Morgan fingerprint density at radius 3 is 2.83 bits per heavy atom. The number of esters is 1. The van der Waals surface area contributed by atoms with Crippen LogP contribution in [0.2, 0.25) is 0 Å². The molecule has 0 aliphatic carbocycles. The van der Waals surface area contributed by atoms with Crippen LogP contribution in [-0.2, 0) is 4.74 Å². The summed E-state index contributed by atoms with van der Waals surface area (Å²) in [5, 5.41) is 3.18. The molecule has 0 spiro atoms. The Labute approximate surface area is 113 Å². The fraction of sp³-hybridized carbons (Fsp3) is 0.154. The number of aromatic nitrogens is 1. The van der Waals surface area contributed by atoms with E-state index < -0.39 is 0 Å². The average molecular weight is 309 g/mol. The number of H-pyrrole nitrogens is 1. The quantitative estimate of drug-likeness (QED) is 0.847. The van der Waals surface area contributed by atoms with Crippen molar-refractivity contribution < 1.29 is 9.53 Å². The average Bonchev–Trinajstić information content (AvgIpc) is 2.81. The number of halogens is 1. The Kier molecular flexibility index (Phi) is 4.04. The monoisotopic (exact) mass is 308 g/mol. The minimum atomic E-state index is -0.364. The van der Waals surface area contributed by atoms with Crippen LogP contribution in [0.25, 0.3) is 0 Å². The number of hydrogen-bond acceptors (Lipinski definition) is 3. The van der Waals surface area contributed by atoms with E-state index in [4.69, 9.17) is 4.74 Å². The van der Waals surface area contributed by atoms with Gasteiger partial charge in [0.25, 0.3) is 0 Å².